The molecule has 1 unspecified atom stereocenters. The number of aromatic nitrogens is 2. The predicted molar refractivity (Wildman–Crippen MR) is 105 cm³/mol. The summed E-state index contributed by atoms with van der Waals surface area (Å²) in [5, 5.41) is 2.90. The molecule has 152 valence electrons. The van der Waals surface area contributed by atoms with Crippen LogP contribution in [0.3, 0.4) is 0 Å². The van der Waals surface area contributed by atoms with Gasteiger partial charge in [-0.05, 0) is 32.0 Å². The summed E-state index contributed by atoms with van der Waals surface area (Å²) in [5.41, 5.74) is 6.06. The number of hydrogen-bond donors (Lipinski definition) is 2. The Morgan fingerprint density at radius 3 is 2.66 bits per heavy atom. The highest BCUT2D eigenvalue weighted by atomic mass is 16.5. The molecule has 1 aromatic heterocycles. The Hall–Kier alpha value is -3.07. The molecule has 9 nitrogen and oxygen atoms in total. The molecule has 0 saturated carbocycles. The lowest BCUT2D eigenvalue weighted by Crippen LogP contribution is -2.71. The van der Waals surface area contributed by atoms with E-state index in [0.29, 0.717) is 37.0 Å². The van der Waals surface area contributed by atoms with Crippen LogP contribution in [-0.4, -0.2) is 46.9 Å². The summed E-state index contributed by atoms with van der Waals surface area (Å²) in [7, 11) is 1.81. The Bertz CT molecular complexity index is 1040. The first kappa shape index (κ1) is 18.0. The number of anilines is 1. The molecular weight excluding hydrogens is 374 g/mol. The minimum Gasteiger partial charge on any atom is -0.487 e. The largest absolute Gasteiger partial charge is 0.487 e. The highest BCUT2D eigenvalue weighted by molar-refractivity contribution is 6.02. The van der Waals surface area contributed by atoms with Crippen molar-refractivity contribution in [3.8, 4) is 5.75 Å². The molecule has 2 spiro atoms. The quantitative estimate of drug-likeness (QED) is 0.792. The molecular formula is C20H23N5O4. The van der Waals surface area contributed by atoms with Crippen LogP contribution in [0.4, 0.5) is 5.69 Å². The molecule has 1 aromatic carbocycles. The van der Waals surface area contributed by atoms with E-state index in [4.69, 9.17) is 24.9 Å². The van der Waals surface area contributed by atoms with Gasteiger partial charge in [-0.2, -0.15) is 0 Å². The van der Waals surface area contributed by atoms with Gasteiger partial charge < -0.3 is 29.8 Å². The maximum absolute atomic E-state index is 12.5. The number of aliphatic imine (C=N–C) groups is 1. The Morgan fingerprint density at radius 1 is 1.28 bits per heavy atom. The zero-order valence-electron chi connectivity index (χ0n) is 16.6. The highest BCUT2D eigenvalue weighted by Crippen LogP contribution is 2.62. The van der Waals surface area contributed by atoms with Gasteiger partial charge in [-0.15, -0.1) is 0 Å². The second kappa shape index (κ2) is 5.73. The normalized spacial score (nSPS) is 25.6. The average Bonchev–Trinajstić information content (AvgIpc) is 3.21. The zero-order chi connectivity index (χ0) is 20.4. The summed E-state index contributed by atoms with van der Waals surface area (Å²) in [6, 6.07) is 5.70. The molecule has 1 saturated heterocycles. The number of amidine groups is 1. The van der Waals surface area contributed by atoms with E-state index in [0.717, 1.165) is 5.56 Å². The van der Waals surface area contributed by atoms with Crippen LogP contribution in [0.1, 0.15) is 29.9 Å². The van der Waals surface area contributed by atoms with Crippen LogP contribution in [0.15, 0.2) is 35.7 Å². The van der Waals surface area contributed by atoms with Gasteiger partial charge in [0.25, 0.3) is 11.9 Å². The fourth-order valence-corrected chi connectivity index (χ4v) is 4.58. The summed E-state index contributed by atoms with van der Waals surface area (Å²) in [6.45, 7) is 5.37. The van der Waals surface area contributed by atoms with Crippen LogP contribution in [0.25, 0.3) is 0 Å². The summed E-state index contributed by atoms with van der Waals surface area (Å²) >= 11 is 0. The van der Waals surface area contributed by atoms with E-state index in [-0.39, 0.29) is 11.9 Å². The van der Waals surface area contributed by atoms with Crippen molar-refractivity contribution in [2.75, 3.05) is 25.1 Å². The number of rotatable bonds is 2. The first-order valence-corrected chi connectivity index (χ1v) is 9.45. The molecule has 3 N–H and O–H groups in total. The number of imidazole rings is 1. The first-order valence-electron chi connectivity index (χ1n) is 9.45. The van der Waals surface area contributed by atoms with E-state index in [1.165, 1.54) is 0 Å². The summed E-state index contributed by atoms with van der Waals surface area (Å²) in [6.07, 6.45) is 3.25. The number of carbonyl (C=O) groups is 1. The molecule has 0 radical (unpaired) electrons. The van der Waals surface area contributed by atoms with Gasteiger partial charge in [0.15, 0.2) is 0 Å². The Labute approximate surface area is 167 Å². The molecule has 1 amide bonds. The van der Waals surface area contributed by atoms with Crippen molar-refractivity contribution in [1.82, 2.24) is 9.55 Å². The molecule has 0 bridgehead atoms. The molecule has 1 fully saturated rings. The predicted octanol–water partition coefficient (Wildman–Crippen LogP) is 1.40. The summed E-state index contributed by atoms with van der Waals surface area (Å²) in [5.74, 6) is 0.412. The summed E-state index contributed by atoms with van der Waals surface area (Å²) < 4.78 is 19.3. The third-order valence-corrected chi connectivity index (χ3v) is 6.36. The maximum Gasteiger partial charge on any atom is 0.283 e. The fraction of sp³-hybridized carbons (Fsp3) is 0.450. The molecule has 2 aromatic rings. The SMILES string of the molecule is Cn1cnc(C(=O)Nc2ccc3c(c2)C2(COC(N)=N2)C2(COC2)C(C)(C)O3)c1. The van der Waals surface area contributed by atoms with Gasteiger partial charge in [0.2, 0.25) is 0 Å². The van der Waals surface area contributed by atoms with Gasteiger partial charge in [-0.3, -0.25) is 4.79 Å². The number of nitrogens with zero attached hydrogens (tertiary/aromatic N) is 3. The second-order valence-electron chi connectivity index (χ2n) is 8.38. The highest BCUT2D eigenvalue weighted by Gasteiger charge is 2.71. The molecule has 0 aliphatic carbocycles. The van der Waals surface area contributed by atoms with Crippen molar-refractivity contribution in [1.29, 1.82) is 0 Å². The van der Waals surface area contributed by atoms with Gasteiger partial charge in [-0.1, -0.05) is 0 Å². The third-order valence-electron chi connectivity index (χ3n) is 6.36. The maximum atomic E-state index is 12.5. The molecule has 4 heterocycles. The number of aryl methyl sites for hydroxylation is 1. The minimum atomic E-state index is -0.738. The van der Waals surface area contributed by atoms with E-state index in [2.05, 4.69) is 10.3 Å². The number of ether oxygens (including phenoxy) is 3. The number of fused-ring (bicyclic) bond motifs is 3. The number of carbonyl (C=O) groups excluding carboxylic acids is 1. The van der Waals surface area contributed by atoms with Crippen LogP contribution in [0, 0.1) is 5.41 Å². The van der Waals surface area contributed by atoms with Crippen LogP contribution >= 0.6 is 0 Å². The first-order chi connectivity index (χ1) is 13.8. The number of hydrogen-bond acceptors (Lipinski definition) is 7. The summed E-state index contributed by atoms with van der Waals surface area (Å²) in [4.78, 5) is 21.4. The smallest absolute Gasteiger partial charge is 0.283 e. The van der Waals surface area contributed by atoms with Crippen molar-refractivity contribution < 1.29 is 19.0 Å². The van der Waals surface area contributed by atoms with Crippen LogP contribution < -0.4 is 15.8 Å². The lowest BCUT2D eigenvalue weighted by molar-refractivity contribution is -0.247. The number of nitrogens with one attached hydrogen (secondary N) is 1. The van der Waals surface area contributed by atoms with E-state index in [1.54, 1.807) is 17.1 Å². The van der Waals surface area contributed by atoms with Crippen molar-refractivity contribution in [2.24, 2.45) is 23.2 Å². The number of amides is 1. The molecule has 1 atom stereocenters. The lowest BCUT2D eigenvalue weighted by Gasteiger charge is -2.61. The molecule has 9 heteroatoms. The second-order valence-corrected chi connectivity index (χ2v) is 8.38. The number of nitrogens with two attached hydrogens (primary N) is 1. The number of benzene rings is 1. The minimum absolute atomic E-state index is 0.155. The average molecular weight is 397 g/mol. The van der Waals surface area contributed by atoms with Crippen LogP contribution in [0.5, 0.6) is 5.75 Å². The Morgan fingerprint density at radius 2 is 2.07 bits per heavy atom. The van der Waals surface area contributed by atoms with E-state index >= 15 is 0 Å². The van der Waals surface area contributed by atoms with Crippen molar-refractivity contribution >= 4 is 17.6 Å². The molecule has 3 aliphatic heterocycles. The standard InChI is InChI=1S/C20H23N5O4/c1-18(2)19(8-27-9-19)20(10-28-17(21)24-20)13-6-12(4-5-15(13)29-18)23-16(26)14-7-25(3)11-22-14/h4-7,11H,8-10H2,1-3H3,(H2,21,24)(H,23,26). The molecule has 29 heavy (non-hydrogen) atoms. The van der Waals surface area contributed by atoms with Gasteiger partial charge >= 0.3 is 0 Å². The van der Waals surface area contributed by atoms with Gasteiger partial charge in [0, 0.05) is 24.5 Å². The van der Waals surface area contributed by atoms with E-state index in [9.17, 15) is 4.79 Å². The Kier molecular flexibility index (Phi) is 3.55. The van der Waals surface area contributed by atoms with Crippen molar-refractivity contribution in [3.63, 3.8) is 0 Å². The van der Waals surface area contributed by atoms with Crippen LogP contribution in [-0.2, 0) is 22.1 Å². The van der Waals surface area contributed by atoms with E-state index < -0.39 is 16.6 Å². The topological polar surface area (TPSA) is 113 Å². The molecule has 5 rings (SSSR count). The Balaban J connectivity index is 1.58. The monoisotopic (exact) mass is 397 g/mol. The van der Waals surface area contributed by atoms with Crippen LogP contribution in [0.2, 0.25) is 0 Å². The van der Waals surface area contributed by atoms with E-state index in [1.807, 2.05) is 39.1 Å². The van der Waals surface area contributed by atoms with Crippen molar-refractivity contribution in [3.05, 3.63) is 42.0 Å². The molecule has 3 aliphatic rings. The van der Waals surface area contributed by atoms with Gasteiger partial charge in [-0.25, -0.2) is 9.98 Å². The van der Waals surface area contributed by atoms with Crippen molar-refractivity contribution in [2.45, 2.75) is 25.0 Å². The zero-order valence-corrected chi connectivity index (χ0v) is 16.6. The third kappa shape index (κ3) is 2.33. The van der Waals surface area contributed by atoms with Gasteiger partial charge in [0.05, 0.1) is 25.0 Å². The fourth-order valence-electron chi connectivity index (χ4n) is 4.58. The van der Waals surface area contributed by atoms with Gasteiger partial charge in [0.1, 0.15) is 29.2 Å². The lowest BCUT2D eigenvalue weighted by atomic mass is 9.55.